The number of carbonyl (C=O) groups is 4. The van der Waals surface area contributed by atoms with Gasteiger partial charge in [0.05, 0.1) is 19.5 Å². The summed E-state index contributed by atoms with van der Waals surface area (Å²) in [5.74, 6) is -1.89. The average molecular weight is 769 g/mol. The fourth-order valence-corrected chi connectivity index (χ4v) is 7.42. The molecule has 2 N–H and O–H groups in total. The lowest BCUT2D eigenvalue weighted by Crippen LogP contribution is -2.61. The maximum absolute atomic E-state index is 14.2. The molecule has 1 heterocycles. The molecule has 12 heteroatoms. The molecule has 266 valence electrons. The van der Waals surface area contributed by atoms with E-state index >= 15 is 0 Å². The molecule has 0 bridgehead atoms. The van der Waals surface area contributed by atoms with Gasteiger partial charge in [-0.15, -0.1) is 0 Å². The van der Waals surface area contributed by atoms with Crippen molar-refractivity contribution >= 4 is 70.0 Å². The van der Waals surface area contributed by atoms with E-state index in [0.29, 0.717) is 39.4 Å². The molecule has 0 saturated carbocycles. The maximum atomic E-state index is 14.2. The van der Waals surface area contributed by atoms with Gasteiger partial charge in [0.2, 0.25) is 23.6 Å². The summed E-state index contributed by atoms with van der Waals surface area (Å²) in [7, 11) is 0. The number of hydrogen-bond acceptors (Lipinski definition) is 4. The van der Waals surface area contributed by atoms with Crippen molar-refractivity contribution in [3.8, 4) is 0 Å². The lowest BCUT2D eigenvalue weighted by molar-refractivity contribution is -0.158. The highest BCUT2D eigenvalue weighted by Gasteiger charge is 2.41. The lowest BCUT2D eigenvalue weighted by Gasteiger charge is -2.41. The molecule has 4 amide bonds. The zero-order chi connectivity index (χ0) is 36.5. The van der Waals surface area contributed by atoms with Crippen molar-refractivity contribution in [2.75, 3.05) is 32.7 Å². The van der Waals surface area contributed by atoms with Gasteiger partial charge in [-0.05, 0) is 65.8 Å². The third-order valence-corrected chi connectivity index (χ3v) is 10.3. The predicted molar refractivity (Wildman–Crippen MR) is 202 cm³/mol. The Morgan fingerprint density at radius 3 is 1.84 bits per heavy atom. The van der Waals surface area contributed by atoms with E-state index in [1.165, 1.54) is 14.7 Å². The second-order valence-corrected chi connectivity index (χ2v) is 14.2. The minimum atomic E-state index is -1.10. The molecule has 0 unspecified atom stereocenters. The summed E-state index contributed by atoms with van der Waals surface area (Å²) in [6.45, 7) is 0.0456. The van der Waals surface area contributed by atoms with Crippen LogP contribution in [-0.4, -0.2) is 77.1 Å². The number of carbonyl (C=O) groups excluding carboxylic acids is 4. The second kappa shape index (κ2) is 17.9. The van der Waals surface area contributed by atoms with Gasteiger partial charge in [0.1, 0.15) is 6.04 Å². The van der Waals surface area contributed by atoms with Crippen LogP contribution in [0.4, 0.5) is 0 Å². The van der Waals surface area contributed by atoms with Crippen LogP contribution in [0.2, 0.25) is 20.1 Å². The molecule has 51 heavy (non-hydrogen) atoms. The van der Waals surface area contributed by atoms with Gasteiger partial charge in [-0.2, -0.15) is 0 Å². The summed E-state index contributed by atoms with van der Waals surface area (Å²) in [5, 5.41) is 1.85. The molecule has 1 atom stereocenters. The Morgan fingerprint density at radius 1 is 0.765 bits per heavy atom. The quantitative estimate of drug-likeness (QED) is 0.140. The van der Waals surface area contributed by atoms with E-state index in [-0.39, 0.29) is 56.9 Å². The van der Waals surface area contributed by atoms with E-state index in [1.54, 1.807) is 36.4 Å². The van der Waals surface area contributed by atoms with E-state index in [0.717, 1.165) is 22.3 Å². The third-order valence-electron chi connectivity index (χ3n) is 9.08. The highest BCUT2D eigenvalue weighted by Crippen LogP contribution is 2.30. The normalized spacial score (nSPS) is 14.6. The van der Waals surface area contributed by atoms with Crippen LogP contribution in [0.1, 0.15) is 41.0 Å². The largest absolute Gasteiger partial charge is 0.368 e. The number of nitrogens with two attached hydrogens (primary N) is 1. The predicted octanol–water partition coefficient (Wildman–Crippen LogP) is 7.05. The van der Waals surface area contributed by atoms with Gasteiger partial charge in [-0.1, -0.05) is 119 Å². The fraction of sp³-hybridized carbons (Fsp3) is 0.282. The first-order valence-corrected chi connectivity index (χ1v) is 18.1. The summed E-state index contributed by atoms with van der Waals surface area (Å²) in [5.41, 5.74) is 9.20. The minimum absolute atomic E-state index is 0.0628. The van der Waals surface area contributed by atoms with Gasteiger partial charge >= 0.3 is 0 Å². The number of halogens is 4. The number of nitrogens with zero attached hydrogens (tertiary/aromatic N) is 3. The molecule has 8 nitrogen and oxygen atoms in total. The Hall–Kier alpha value is -4.08. The summed E-state index contributed by atoms with van der Waals surface area (Å²) >= 11 is 24.9. The first-order chi connectivity index (χ1) is 24.5. The van der Waals surface area contributed by atoms with E-state index in [4.69, 9.17) is 52.1 Å². The number of amides is 4. The molecule has 4 aromatic carbocycles. The highest BCUT2D eigenvalue weighted by atomic mass is 35.5. The van der Waals surface area contributed by atoms with Crippen molar-refractivity contribution in [3.05, 3.63) is 139 Å². The monoisotopic (exact) mass is 766 g/mol. The van der Waals surface area contributed by atoms with Gasteiger partial charge in [0, 0.05) is 45.6 Å². The minimum Gasteiger partial charge on any atom is -0.368 e. The third kappa shape index (κ3) is 10.3. The van der Waals surface area contributed by atoms with Crippen molar-refractivity contribution in [1.82, 2.24) is 14.7 Å². The van der Waals surface area contributed by atoms with Crippen LogP contribution < -0.4 is 5.73 Å². The summed E-state index contributed by atoms with van der Waals surface area (Å²) in [6, 6.07) is 29.0. The fourth-order valence-electron chi connectivity index (χ4n) is 6.42. The van der Waals surface area contributed by atoms with Gasteiger partial charge in [-0.3, -0.25) is 19.2 Å². The van der Waals surface area contributed by atoms with E-state index in [2.05, 4.69) is 0 Å². The van der Waals surface area contributed by atoms with Crippen LogP contribution in [-0.2, 0) is 32.0 Å². The zero-order valence-corrected chi connectivity index (χ0v) is 30.8. The summed E-state index contributed by atoms with van der Waals surface area (Å²) in [4.78, 5) is 58.6. The molecule has 0 aromatic heterocycles. The molecule has 1 aliphatic rings. The van der Waals surface area contributed by atoms with E-state index in [9.17, 15) is 19.2 Å². The van der Waals surface area contributed by atoms with Crippen molar-refractivity contribution in [1.29, 1.82) is 0 Å². The Bertz CT molecular complexity index is 1820. The number of benzene rings is 4. The van der Waals surface area contributed by atoms with Gasteiger partial charge in [0.15, 0.2) is 0 Å². The number of rotatable bonds is 15. The van der Waals surface area contributed by atoms with E-state index < -0.39 is 17.9 Å². The first kappa shape index (κ1) is 38.2. The SMILES string of the molecule is NC(=O)CN(CCc1ccc(Cl)cc1Cl)C(=O)C[C@H]1C(=O)N(CCc2ccc(Cl)cc2Cl)CC(=O)N1CCC(c1ccccc1)c1ccccc1. The Balaban J connectivity index is 1.39. The van der Waals surface area contributed by atoms with Crippen molar-refractivity contribution in [2.24, 2.45) is 5.73 Å². The molecule has 0 spiro atoms. The maximum Gasteiger partial charge on any atom is 0.246 e. The Labute approximate surface area is 318 Å². The van der Waals surface area contributed by atoms with Gasteiger partial charge in [0.25, 0.3) is 0 Å². The van der Waals surface area contributed by atoms with Crippen LogP contribution in [0.15, 0.2) is 97.1 Å². The van der Waals surface area contributed by atoms with Crippen LogP contribution in [0.5, 0.6) is 0 Å². The van der Waals surface area contributed by atoms with Gasteiger partial charge in [-0.25, -0.2) is 0 Å². The zero-order valence-electron chi connectivity index (χ0n) is 27.8. The number of piperazine rings is 1. The molecule has 4 aromatic rings. The molecular formula is C39H38Cl4N4O4. The molecule has 1 saturated heterocycles. The number of primary amides is 1. The van der Waals surface area contributed by atoms with Crippen LogP contribution in [0.25, 0.3) is 0 Å². The molecule has 1 aliphatic heterocycles. The Morgan fingerprint density at radius 2 is 1.31 bits per heavy atom. The summed E-state index contributed by atoms with van der Waals surface area (Å²) in [6.07, 6.45) is 0.888. The average Bonchev–Trinajstić information content (AvgIpc) is 3.10. The Kier molecular flexibility index (Phi) is 13.4. The first-order valence-electron chi connectivity index (χ1n) is 16.6. The molecular weight excluding hydrogens is 730 g/mol. The summed E-state index contributed by atoms with van der Waals surface area (Å²) < 4.78 is 0. The highest BCUT2D eigenvalue weighted by molar-refractivity contribution is 6.35. The van der Waals surface area contributed by atoms with Crippen LogP contribution >= 0.6 is 46.4 Å². The molecule has 0 aliphatic carbocycles. The number of hydrogen-bond donors (Lipinski definition) is 1. The van der Waals surface area contributed by atoms with Gasteiger partial charge < -0.3 is 20.4 Å². The van der Waals surface area contributed by atoms with Crippen LogP contribution in [0, 0.1) is 0 Å². The smallest absolute Gasteiger partial charge is 0.246 e. The molecule has 0 radical (unpaired) electrons. The van der Waals surface area contributed by atoms with E-state index in [1.807, 2.05) is 60.7 Å². The second-order valence-electron chi connectivity index (χ2n) is 12.5. The molecule has 1 fully saturated rings. The molecule has 5 rings (SSSR count). The standard InChI is InChI=1S/C39H38Cl4N4O4/c40-30-13-11-28(33(42)21-30)15-18-45(24-36(44)48)37(49)23-35-39(51)46(19-16-29-12-14-31(41)22-34(29)43)25-38(50)47(35)20-17-32(26-7-3-1-4-8-26)27-9-5-2-6-10-27/h1-14,21-22,32,35H,15-20,23-25H2,(H2,44,48)/t35-/m0/s1. The van der Waals surface area contributed by atoms with Crippen LogP contribution in [0.3, 0.4) is 0 Å². The van der Waals surface area contributed by atoms with Crippen molar-refractivity contribution in [2.45, 2.75) is 37.6 Å². The topological polar surface area (TPSA) is 104 Å². The van der Waals surface area contributed by atoms with Crippen molar-refractivity contribution in [3.63, 3.8) is 0 Å². The lowest BCUT2D eigenvalue weighted by atomic mass is 9.88. The van der Waals surface area contributed by atoms with Crippen molar-refractivity contribution < 1.29 is 19.2 Å².